The van der Waals surface area contributed by atoms with Crippen molar-refractivity contribution in [1.82, 2.24) is 20.1 Å². The average Bonchev–Trinajstić information content (AvgIpc) is 3.19. The first-order valence-corrected chi connectivity index (χ1v) is 9.02. The minimum absolute atomic E-state index is 0.0548. The zero-order chi connectivity index (χ0) is 17.9. The molecule has 1 aliphatic heterocycles. The van der Waals surface area contributed by atoms with Crippen molar-refractivity contribution in [2.75, 3.05) is 13.1 Å². The number of aryl methyl sites for hydroxylation is 1. The van der Waals surface area contributed by atoms with E-state index in [1.165, 1.54) is 5.56 Å². The molecule has 1 saturated heterocycles. The summed E-state index contributed by atoms with van der Waals surface area (Å²) in [5.41, 5.74) is 5.31. The lowest BCUT2D eigenvalue weighted by Crippen LogP contribution is -2.39. The van der Waals surface area contributed by atoms with Gasteiger partial charge in [-0.1, -0.05) is 29.8 Å². The number of aromatic nitrogens is 3. The molecule has 1 atom stereocenters. The zero-order valence-corrected chi connectivity index (χ0v) is 14.9. The van der Waals surface area contributed by atoms with Crippen LogP contribution in [0.4, 0.5) is 0 Å². The normalized spacial score (nSPS) is 17.3. The Kier molecular flexibility index (Phi) is 4.52. The van der Waals surface area contributed by atoms with Gasteiger partial charge in [-0.3, -0.25) is 14.9 Å². The van der Waals surface area contributed by atoms with Crippen molar-refractivity contribution in [2.45, 2.75) is 25.7 Å². The van der Waals surface area contributed by atoms with Gasteiger partial charge in [0, 0.05) is 42.7 Å². The van der Waals surface area contributed by atoms with Gasteiger partial charge in [-0.15, -0.1) is 0 Å². The van der Waals surface area contributed by atoms with Gasteiger partial charge in [0.15, 0.2) is 0 Å². The summed E-state index contributed by atoms with van der Waals surface area (Å²) in [6, 6.07) is 12.1. The highest BCUT2D eigenvalue weighted by atomic mass is 16.2. The smallest absolute Gasteiger partial charge is 0.255 e. The Balaban J connectivity index is 1.57. The molecule has 1 N–H and O–H groups in total. The second-order valence-corrected chi connectivity index (χ2v) is 6.90. The third-order valence-electron chi connectivity index (χ3n) is 5.06. The van der Waals surface area contributed by atoms with E-state index in [9.17, 15) is 4.79 Å². The Bertz CT molecular complexity index is 886. The lowest BCUT2D eigenvalue weighted by Gasteiger charge is -2.32. The lowest BCUT2D eigenvalue weighted by atomic mass is 9.90. The first kappa shape index (κ1) is 16.5. The van der Waals surface area contributed by atoms with Crippen LogP contribution in [0.3, 0.4) is 0 Å². The fourth-order valence-corrected chi connectivity index (χ4v) is 3.64. The number of aromatic amines is 1. The molecule has 5 nitrogen and oxygen atoms in total. The van der Waals surface area contributed by atoms with Gasteiger partial charge in [-0.05, 0) is 37.5 Å². The Morgan fingerprint density at radius 1 is 1.19 bits per heavy atom. The molecule has 3 aromatic rings. The molecule has 1 aliphatic rings. The van der Waals surface area contributed by atoms with E-state index in [1.807, 2.05) is 17.2 Å². The predicted octanol–water partition coefficient (Wildman–Crippen LogP) is 3.80. The van der Waals surface area contributed by atoms with Crippen LogP contribution in [0.5, 0.6) is 0 Å². The van der Waals surface area contributed by atoms with Crippen LogP contribution in [0, 0.1) is 6.92 Å². The van der Waals surface area contributed by atoms with Gasteiger partial charge in [0.25, 0.3) is 5.91 Å². The minimum atomic E-state index is 0.0548. The van der Waals surface area contributed by atoms with Crippen LogP contribution in [0.2, 0.25) is 0 Å². The highest BCUT2D eigenvalue weighted by molar-refractivity contribution is 5.94. The summed E-state index contributed by atoms with van der Waals surface area (Å²) in [7, 11) is 0. The maximum absolute atomic E-state index is 12.8. The van der Waals surface area contributed by atoms with E-state index in [2.05, 4.69) is 46.4 Å². The van der Waals surface area contributed by atoms with Crippen molar-refractivity contribution in [3.63, 3.8) is 0 Å². The Labute approximate surface area is 153 Å². The molecule has 0 bridgehead atoms. The lowest BCUT2D eigenvalue weighted by molar-refractivity contribution is 0.0705. The number of carbonyl (C=O) groups excluding carboxylic acids is 1. The maximum Gasteiger partial charge on any atom is 0.255 e. The molecule has 0 saturated carbocycles. The van der Waals surface area contributed by atoms with E-state index in [0.717, 1.165) is 36.2 Å². The van der Waals surface area contributed by atoms with E-state index >= 15 is 0 Å². The van der Waals surface area contributed by atoms with Crippen LogP contribution in [0.15, 0.2) is 55.0 Å². The van der Waals surface area contributed by atoms with E-state index in [-0.39, 0.29) is 11.8 Å². The van der Waals surface area contributed by atoms with Gasteiger partial charge >= 0.3 is 0 Å². The first-order valence-electron chi connectivity index (χ1n) is 9.02. The van der Waals surface area contributed by atoms with Crippen LogP contribution < -0.4 is 0 Å². The molecule has 0 aliphatic carbocycles. The van der Waals surface area contributed by atoms with E-state index in [0.29, 0.717) is 12.1 Å². The summed E-state index contributed by atoms with van der Waals surface area (Å²) in [5, 5.41) is 7.47. The maximum atomic E-state index is 12.8. The summed E-state index contributed by atoms with van der Waals surface area (Å²) in [6.45, 7) is 3.58. The number of pyridine rings is 1. The van der Waals surface area contributed by atoms with Crippen LogP contribution in [0.1, 0.15) is 40.4 Å². The SMILES string of the molecule is Cc1ccc(-c2cn[nH]c2C2CCCN(C(=O)c3cccnc3)C2)cc1. The highest BCUT2D eigenvalue weighted by Gasteiger charge is 2.28. The Morgan fingerprint density at radius 3 is 2.81 bits per heavy atom. The Hall–Kier alpha value is -2.95. The number of piperidine rings is 1. The molecule has 1 amide bonds. The summed E-state index contributed by atoms with van der Waals surface area (Å²) in [5.74, 6) is 0.322. The number of amides is 1. The van der Waals surface area contributed by atoms with Gasteiger partial charge in [-0.25, -0.2) is 0 Å². The molecule has 132 valence electrons. The van der Waals surface area contributed by atoms with Crippen LogP contribution in [-0.2, 0) is 0 Å². The minimum Gasteiger partial charge on any atom is -0.338 e. The monoisotopic (exact) mass is 346 g/mol. The molecule has 1 aromatic carbocycles. The number of hydrogen-bond acceptors (Lipinski definition) is 3. The van der Waals surface area contributed by atoms with Gasteiger partial charge in [0.1, 0.15) is 0 Å². The number of rotatable bonds is 3. The third-order valence-corrected chi connectivity index (χ3v) is 5.06. The van der Waals surface area contributed by atoms with Crippen LogP contribution >= 0.6 is 0 Å². The van der Waals surface area contributed by atoms with Gasteiger partial charge in [0.2, 0.25) is 0 Å². The van der Waals surface area contributed by atoms with Crippen molar-refractivity contribution in [3.05, 3.63) is 71.8 Å². The summed E-state index contributed by atoms with van der Waals surface area (Å²) >= 11 is 0. The number of carbonyl (C=O) groups is 1. The van der Waals surface area contributed by atoms with Crippen molar-refractivity contribution in [2.24, 2.45) is 0 Å². The van der Waals surface area contributed by atoms with Crippen molar-refractivity contribution in [1.29, 1.82) is 0 Å². The topological polar surface area (TPSA) is 61.9 Å². The van der Waals surface area contributed by atoms with Crippen LogP contribution in [-0.4, -0.2) is 39.1 Å². The van der Waals surface area contributed by atoms with Gasteiger partial charge in [-0.2, -0.15) is 5.10 Å². The third kappa shape index (κ3) is 3.25. The molecular weight excluding hydrogens is 324 g/mol. The molecule has 3 heterocycles. The fourth-order valence-electron chi connectivity index (χ4n) is 3.64. The molecule has 2 aromatic heterocycles. The molecule has 5 heteroatoms. The average molecular weight is 346 g/mol. The molecule has 0 spiro atoms. The molecule has 4 rings (SSSR count). The second-order valence-electron chi connectivity index (χ2n) is 6.90. The second kappa shape index (κ2) is 7.12. The molecule has 26 heavy (non-hydrogen) atoms. The number of H-pyrrole nitrogens is 1. The quantitative estimate of drug-likeness (QED) is 0.785. The number of nitrogens with one attached hydrogen (secondary N) is 1. The van der Waals surface area contributed by atoms with Crippen molar-refractivity contribution >= 4 is 5.91 Å². The van der Waals surface area contributed by atoms with E-state index in [1.54, 1.807) is 18.5 Å². The first-order chi connectivity index (χ1) is 12.7. The molecular formula is C21H22N4O. The summed E-state index contributed by atoms with van der Waals surface area (Å²) < 4.78 is 0. The van der Waals surface area contributed by atoms with E-state index in [4.69, 9.17) is 0 Å². The summed E-state index contributed by atoms with van der Waals surface area (Å²) in [6.07, 6.45) is 7.26. The Morgan fingerprint density at radius 2 is 2.04 bits per heavy atom. The number of likely N-dealkylation sites (tertiary alicyclic amines) is 1. The van der Waals surface area contributed by atoms with Gasteiger partial charge < -0.3 is 4.90 Å². The van der Waals surface area contributed by atoms with E-state index < -0.39 is 0 Å². The molecule has 1 fully saturated rings. The fraction of sp³-hybridized carbons (Fsp3) is 0.286. The highest BCUT2D eigenvalue weighted by Crippen LogP contribution is 2.33. The van der Waals surface area contributed by atoms with Crippen LogP contribution in [0.25, 0.3) is 11.1 Å². The molecule has 1 unspecified atom stereocenters. The summed E-state index contributed by atoms with van der Waals surface area (Å²) in [4.78, 5) is 18.8. The molecule has 0 radical (unpaired) electrons. The van der Waals surface area contributed by atoms with Crippen molar-refractivity contribution < 1.29 is 4.79 Å². The van der Waals surface area contributed by atoms with Gasteiger partial charge in [0.05, 0.1) is 11.8 Å². The number of hydrogen-bond donors (Lipinski definition) is 1. The zero-order valence-electron chi connectivity index (χ0n) is 14.9. The predicted molar refractivity (Wildman–Crippen MR) is 101 cm³/mol. The number of benzene rings is 1. The van der Waals surface area contributed by atoms with Crippen molar-refractivity contribution in [3.8, 4) is 11.1 Å². The standard InChI is InChI=1S/C21H22N4O/c1-15-6-8-16(9-7-15)19-13-23-24-20(19)18-5-3-11-25(14-18)21(26)17-4-2-10-22-12-17/h2,4,6-10,12-13,18H,3,5,11,14H2,1H3,(H,23,24). The largest absolute Gasteiger partial charge is 0.338 e. The number of nitrogens with zero attached hydrogens (tertiary/aromatic N) is 3.